The van der Waals surface area contributed by atoms with Crippen molar-refractivity contribution in [2.45, 2.75) is 37.0 Å². The van der Waals surface area contributed by atoms with Gasteiger partial charge in [0.05, 0.1) is 5.54 Å². The molecular formula is C15H20F2N2O3S. The number of nitrogens with one attached hydrogen (secondary N) is 1. The summed E-state index contributed by atoms with van der Waals surface area (Å²) in [7, 11) is -1.07. The summed E-state index contributed by atoms with van der Waals surface area (Å²) in [6, 6.07) is 3.09. The van der Waals surface area contributed by atoms with Gasteiger partial charge in [0.2, 0.25) is 15.9 Å². The number of rotatable bonds is 5. The topological polar surface area (TPSA) is 66.5 Å². The predicted octanol–water partition coefficient (Wildman–Crippen LogP) is 1.74. The van der Waals surface area contributed by atoms with Gasteiger partial charge in [-0.05, 0) is 32.3 Å². The van der Waals surface area contributed by atoms with Crippen LogP contribution in [0.2, 0.25) is 0 Å². The normalized spacial score (nSPS) is 18.1. The number of hydrogen-bond acceptors (Lipinski definition) is 3. The number of amides is 1. The number of nitrogens with zero attached hydrogens (tertiary/aromatic N) is 1. The Labute approximate surface area is 134 Å². The number of sulfonamides is 1. The predicted molar refractivity (Wildman–Crippen MR) is 82.1 cm³/mol. The number of hydrogen-bond donors (Lipinski definition) is 1. The summed E-state index contributed by atoms with van der Waals surface area (Å²) < 4.78 is 54.6. The molecule has 1 saturated carbocycles. The van der Waals surface area contributed by atoms with E-state index >= 15 is 0 Å². The van der Waals surface area contributed by atoms with Gasteiger partial charge in [0, 0.05) is 25.7 Å². The third kappa shape index (κ3) is 3.37. The van der Waals surface area contributed by atoms with Crippen molar-refractivity contribution in [2.24, 2.45) is 0 Å². The molecule has 0 radical (unpaired) electrons. The first-order valence-electron chi connectivity index (χ1n) is 7.28. The molecule has 1 unspecified atom stereocenters. The van der Waals surface area contributed by atoms with Gasteiger partial charge >= 0.3 is 0 Å². The third-order valence-corrected chi connectivity index (χ3v) is 6.05. The lowest BCUT2D eigenvalue weighted by Crippen LogP contribution is -2.55. The van der Waals surface area contributed by atoms with Gasteiger partial charge in [0.15, 0.2) is 5.25 Å². The molecule has 0 aromatic heterocycles. The second kappa shape index (κ2) is 6.16. The van der Waals surface area contributed by atoms with Crippen LogP contribution in [0.25, 0.3) is 0 Å². The van der Waals surface area contributed by atoms with Crippen LogP contribution in [0.1, 0.15) is 31.7 Å². The maximum absolute atomic E-state index is 14.1. The summed E-state index contributed by atoms with van der Waals surface area (Å²) in [5.74, 6) is -2.08. The van der Waals surface area contributed by atoms with Crippen LogP contribution in [0.4, 0.5) is 8.78 Å². The van der Waals surface area contributed by atoms with E-state index in [2.05, 4.69) is 4.72 Å². The zero-order valence-electron chi connectivity index (χ0n) is 13.3. The highest BCUT2D eigenvalue weighted by molar-refractivity contribution is 7.90. The molecule has 1 amide bonds. The van der Waals surface area contributed by atoms with E-state index in [0.717, 1.165) is 18.6 Å². The maximum Gasteiger partial charge on any atom is 0.241 e. The minimum Gasteiger partial charge on any atom is -0.348 e. The van der Waals surface area contributed by atoms with Crippen LogP contribution in [0.5, 0.6) is 0 Å². The van der Waals surface area contributed by atoms with E-state index in [0.29, 0.717) is 12.8 Å². The molecule has 0 aliphatic heterocycles. The molecule has 128 valence electrons. The molecule has 5 nitrogen and oxygen atoms in total. The minimum absolute atomic E-state index is 0.109. The van der Waals surface area contributed by atoms with E-state index in [1.54, 1.807) is 0 Å². The van der Waals surface area contributed by atoms with Crippen LogP contribution in [-0.2, 0) is 20.4 Å². The molecular weight excluding hydrogens is 326 g/mol. The third-order valence-electron chi connectivity index (χ3n) is 4.25. The fourth-order valence-corrected chi connectivity index (χ4v) is 4.20. The second-order valence-corrected chi connectivity index (χ2v) is 8.08. The van der Waals surface area contributed by atoms with Crippen molar-refractivity contribution in [3.8, 4) is 0 Å². The molecule has 1 atom stereocenters. The van der Waals surface area contributed by atoms with Crippen LogP contribution in [0.15, 0.2) is 18.2 Å². The molecule has 0 heterocycles. The second-order valence-electron chi connectivity index (χ2n) is 6.08. The molecule has 8 heteroatoms. The molecule has 1 aromatic carbocycles. The molecule has 1 fully saturated rings. The summed E-state index contributed by atoms with van der Waals surface area (Å²) in [5, 5.41) is -1.29. The highest BCUT2D eigenvalue weighted by Gasteiger charge is 2.45. The van der Waals surface area contributed by atoms with Crippen LogP contribution >= 0.6 is 0 Å². The summed E-state index contributed by atoms with van der Waals surface area (Å²) in [4.78, 5) is 13.1. The Morgan fingerprint density at radius 2 is 1.91 bits per heavy atom. The smallest absolute Gasteiger partial charge is 0.241 e. The molecule has 23 heavy (non-hydrogen) atoms. The SMILES string of the molecule is CC(C(=O)N(C)C)S(=O)(=O)NC1(c2ccc(F)cc2F)CCC1. The van der Waals surface area contributed by atoms with Gasteiger partial charge in [0.1, 0.15) is 11.6 Å². The van der Waals surface area contributed by atoms with Gasteiger partial charge in [-0.25, -0.2) is 21.9 Å². The Bertz CT molecular complexity index is 715. The van der Waals surface area contributed by atoms with E-state index in [-0.39, 0.29) is 5.56 Å². The Morgan fingerprint density at radius 1 is 1.30 bits per heavy atom. The Hall–Kier alpha value is -1.54. The van der Waals surface area contributed by atoms with E-state index in [1.165, 1.54) is 32.0 Å². The molecule has 1 aliphatic carbocycles. The van der Waals surface area contributed by atoms with E-state index in [9.17, 15) is 22.0 Å². The van der Waals surface area contributed by atoms with Crippen molar-refractivity contribution in [1.29, 1.82) is 0 Å². The molecule has 0 saturated heterocycles. The first kappa shape index (κ1) is 17.8. The lowest BCUT2D eigenvalue weighted by molar-refractivity contribution is -0.127. The zero-order valence-corrected chi connectivity index (χ0v) is 14.1. The summed E-state index contributed by atoms with van der Waals surface area (Å²) in [5.41, 5.74) is -1.00. The fourth-order valence-electron chi connectivity index (χ4n) is 2.69. The average Bonchev–Trinajstić information content (AvgIpc) is 2.41. The van der Waals surface area contributed by atoms with Crippen LogP contribution in [0, 0.1) is 11.6 Å². The van der Waals surface area contributed by atoms with Gasteiger partial charge in [-0.3, -0.25) is 4.79 Å². The van der Waals surface area contributed by atoms with Gasteiger partial charge in [-0.1, -0.05) is 6.07 Å². The molecule has 1 aromatic rings. The van der Waals surface area contributed by atoms with E-state index in [4.69, 9.17) is 0 Å². The number of carbonyl (C=O) groups is 1. The van der Waals surface area contributed by atoms with Gasteiger partial charge < -0.3 is 4.90 Å². The average molecular weight is 346 g/mol. The highest BCUT2D eigenvalue weighted by Crippen LogP contribution is 2.43. The lowest BCUT2D eigenvalue weighted by Gasteiger charge is -2.43. The first-order chi connectivity index (χ1) is 10.6. The summed E-state index contributed by atoms with van der Waals surface area (Å²) >= 11 is 0. The van der Waals surface area contributed by atoms with Crippen LogP contribution in [0.3, 0.4) is 0 Å². The standard InChI is InChI=1S/C15H20F2N2O3S/c1-10(14(20)19(2)3)23(21,22)18-15(7-4-8-15)12-6-5-11(16)9-13(12)17/h5-6,9-10,18H,4,7-8H2,1-3H3. The fraction of sp³-hybridized carbons (Fsp3) is 0.533. The van der Waals surface area contributed by atoms with Gasteiger partial charge in [-0.2, -0.15) is 0 Å². The Balaban J connectivity index is 2.33. The van der Waals surface area contributed by atoms with Crippen molar-refractivity contribution in [2.75, 3.05) is 14.1 Å². The molecule has 0 bridgehead atoms. The Morgan fingerprint density at radius 3 is 2.35 bits per heavy atom. The maximum atomic E-state index is 14.1. The Kier molecular flexibility index (Phi) is 4.77. The molecule has 0 spiro atoms. The van der Waals surface area contributed by atoms with Crippen LogP contribution < -0.4 is 4.72 Å². The van der Waals surface area contributed by atoms with Crippen molar-refractivity contribution in [3.05, 3.63) is 35.4 Å². The minimum atomic E-state index is -4.00. The van der Waals surface area contributed by atoms with E-state index < -0.39 is 38.4 Å². The number of carbonyl (C=O) groups excluding carboxylic acids is 1. The zero-order chi connectivity index (χ0) is 17.4. The quantitative estimate of drug-likeness (QED) is 0.883. The van der Waals surface area contributed by atoms with Crippen molar-refractivity contribution >= 4 is 15.9 Å². The number of halogens is 2. The first-order valence-corrected chi connectivity index (χ1v) is 8.83. The summed E-state index contributed by atoms with van der Waals surface area (Å²) in [6.45, 7) is 1.29. The van der Waals surface area contributed by atoms with Gasteiger partial charge in [0.25, 0.3) is 0 Å². The molecule has 2 rings (SSSR count). The highest BCUT2D eigenvalue weighted by atomic mass is 32.2. The largest absolute Gasteiger partial charge is 0.348 e. The van der Waals surface area contributed by atoms with E-state index in [1.807, 2.05) is 0 Å². The van der Waals surface area contributed by atoms with Crippen molar-refractivity contribution in [3.63, 3.8) is 0 Å². The number of benzene rings is 1. The van der Waals surface area contributed by atoms with Crippen molar-refractivity contribution < 1.29 is 22.0 Å². The molecule has 1 aliphatic rings. The van der Waals surface area contributed by atoms with Gasteiger partial charge in [-0.15, -0.1) is 0 Å². The van der Waals surface area contributed by atoms with Crippen molar-refractivity contribution in [1.82, 2.24) is 9.62 Å². The van der Waals surface area contributed by atoms with Crippen LogP contribution in [-0.4, -0.2) is 38.6 Å². The lowest BCUT2D eigenvalue weighted by atomic mass is 9.72. The summed E-state index contributed by atoms with van der Waals surface area (Å²) in [6.07, 6.45) is 1.52. The monoisotopic (exact) mass is 346 g/mol. The molecule has 1 N–H and O–H groups in total.